The predicted octanol–water partition coefficient (Wildman–Crippen LogP) is 4.16. The second-order valence-electron chi connectivity index (χ2n) is 6.42. The Labute approximate surface area is 140 Å². The van der Waals surface area contributed by atoms with Crippen molar-refractivity contribution < 1.29 is 10.2 Å². The largest absolute Gasteiger partial charge is 0.508 e. The van der Waals surface area contributed by atoms with E-state index < -0.39 is 0 Å². The van der Waals surface area contributed by atoms with Crippen molar-refractivity contribution >= 4 is 11.5 Å². The van der Waals surface area contributed by atoms with Crippen molar-refractivity contribution in [2.24, 2.45) is 0 Å². The molecule has 0 bridgehead atoms. The van der Waals surface area contributed by atoms with Gasteiger partial charge in [0.05, 0.1) is 0 Å². The lowest BCUT2D eigenvalue weighted by Gasteiger charge is -2.24. The van der Waals surface area contributed by atoms with E-state index >= 15 is 0 Å². The summed E-state index contributed by atoms with van der Waals surface area (Å²) in [6, 6.07) is 10.9. The Morgan fingerprint density at radius 2 is 1.88 bits per heavy atom. The molecule has 0 atom stereocenters. The molecule has 4 rings (SSSR count). The van der Waals surface area contributed by atoms with E-state index in [1.807, 2.05) is 28.8 Å². The molecule has 0 saturated heterocycles. The smallest absolute Gasteiger partial charge is 0.139 e. The summed E-state index contributed by atoms with van der Waals surface area (Å²) < 4.78 is 2.02. The molecule has 0 amide bonds. The first-order valence-electron chi connectivity index (χ1n) is 8.48. The molecule has 1 saturated carbocycles. The van der Waals surface area contributed by atoms with E-state index in [0.29, 0.717) is 17.3 Å². The molecule has 2 heterocycles. The van der Waals surface area contributed by atoms with Gasteiger partial charge in [0.15, 0.2) is 0 Å². The van der Waals surface area contributed by atoms with Gasteiger partial charge in [-0.2, -0.15) is 0 Å². The summed E-state index contributed by atoms with van der Waals surface area (Å²) in [5.74, 6) is 0.977. The fourth-order valence-corrected chi connectivity index (χ4v) is 3.48. The number of nitrogens with zero attached hydrogens (tertiary/aromatic N) is 2. The molecule has 3 aromatic rings. The molecule has 2 aromatic heterocycles. The maximum Gasteiger partial charge on any atom is 0.139 e. The van der Waals surface area contributed by atoms with E-state index in [2.05, 4.69) is 5.32 Å². The van der Waals surface area contributed by atoms with E-state index in [1.54, 1.807) is 12.1 Å². The zero-order chi connectivity index (χ0) is 16.5. The van der Waals surface area contributed by atoms with Crippen LogP contribution in [0.15, 0.2) is 42.6 Å². The maximum atomic E-state index is 10.3. The highest BCUT2D eigenvalue weighted by Gasteiger charge is 2.21. The van der Waals surface area contributed by atoms with Crippen molar-refractivity contribution in [2.75, 3.05) is 5.32 Å². The normalized spacial score (nSPS) is 15.7. The number of benzene rings is 1. The number of hydrogen-bond donors (Lipinski definition) is 3. The topological polar surface area (TPSA) is 69.8 Å². The molecule has 1 aromatic carbocycles. The van der Waals surface area contributed by atoms with Crippen molar-refractivity contribution in [1.82, 2.24) is 9.38 Å². The van der Waals surface area contributed by atoms with Crippen LogP contribution in [0, 0.1) is 0 Å². The van der Waals surface area contributed by atoms with Crippen LogP contribution in [0.5, 0.6) is 11.5 Å². The summed E-state index contributed by atoms with van der Waals surface area (Å²) in [5, 5.41) is 23.5. The number of rotatable bonds is 3. The molecule has 1 fully saturated rings. The Hall–Kier alpha value is -2.69. The third-order valence-corrected chi connectivity index (χ3v) is 4.71. The SMILES string of the molecule is Oc1ccc(-c2nc3ccccn3c2NC2CCCCC2)c(O)c1. The zero-order valence-electron chi connectivity index (χ0n) is 13.4. The van der Waals surface area contributed by atoms with Gasteiger partial charge in [-0.15, -0.1) is 0 Å². The average Bonchev–Trinajstić information content (AvgIpc) is 2.94. The predicted molar refractivity (Wildman–Crippen MR) is 94.5 cm³/mol. The highest BCUT2D eigenvalue weighted by Crippen LogP contribution is 2.37. The van der Waals surface area contributed by atoms with Crippen LogP contribution in [0.2, 0.25) is 0 Å². The van der Waals surface area contributed by atoms with Gasteiger partial charge < -0.3 is 15.5 Å². The van der Waals surface area contributed by atoms with Gasteiger partial charge in [-0.3, -0.25) is 4.40 Å². The molecular formula is C19H21N3O2. The minimum absolute atomic E-state index is 0.0325. The first kappa shape index (κ1) is 14.9. The summed E-state index contributed by atoms with van der Waals surface area (Å²) >= 11 is 0. The Bertz CT molecular complexity index is 866. The van der Waals surface area contributed by atoms with E-state index in [4.69, 9.17) is 4.98 Å². The van der Waals surface area contributed by atoms with Crippen LogP contribution in [0.1, 0.15) is 32.1 Å². The van der Waals surface area contributed by atoms with Crippen LogP contribution in [-0.2, 0) is 0 Å². The standard InChI is InChI=1S/C19H21N3O2/c23-14-9-10-15(16(24)12-14)18-19(20-13-6-2-1-3-7-13)22-11-5-4-8-17(22)21-18/h4-5,8-13,20,23-24H,1-3,6-7H2. The first-order valence-corrected chi connectivity index (χ1v) is 8.48. The Kier molecular flexibility index (Phi) is 3.76. The number of hydrogen-bond acceptors (Lipinski definition) is 4. The summed E-state index contributed by atoms with van der Waals surface area (Å²) in [4.78, 5) is 4.70. The number of nitrogens with one attached hydrogen (secondary N) is 1. The first-order chi connectivity index (χ1) is 11.7. The number of phenolic OH excluding ortho intramolecular Hbond substituents is 2. The van der Waals surface area contributed by atoms with Gasteiger partial charge in [-0.1, -0.05) is 25.3 Å². The van der Waals surface area contributed by atoms with Crippen molar-refractivity contribution in [3.63, 3.8) is 0 Å². The number of phenols is 2. The third kappa shape index (κ3) is 2.66. The number of fused-ring (bicyclic) bond motifs is 1. The number of anilines is 1. The van der Waals surface area contributed by atoms with Crippen molar-refractivity contribution in [3.05, 3.63) is 42.6 Å². The molecule has 0 spiro atoms. The fraction of sp³-hybridized carbons (Fsp3) is 0.316. The Morgan fingerprint density at radius 3 is 2.67 bits per heavy atom. The molecule has 5 nitrogen and oxygen atoms in total. The quantitative estimate of drug-likeness (QED) is 0.677. The maximum absolute atomic E-state index is 10.3. The minimum Gasteiger partial charge on any atom is -0.508 e. The Balaban J connectivity index is 1.83. The molecule has 0 radical (unpaired) electrons. The fourth-order valence-electron chi connectivity index (χ4n) is 3.48. The van der Waals surface area contributed by atoms with Crippen LogP contribution in [0.4, 0.5) is 5.82 Å². The molecular weight excluding hydrogens is 302 g/mol. The number of aromatic nitrogens is 2. The van der Waals surface area contributed by atoms with Crippen molar-refractivity contribution in [3.8, 4) is 22.8 Å². The number of imidazole rings is 1. The lowest BCUT2D eigenvalue weighted by molar-refractivity contribution is 0.451. The summed E-state index contributed by atoms with van der Waals surface area (Å²) in [6.07, 6.45) is 8.08. The molecule has 1 aliphatic carbocycles. The summed E-state index contributed by atoms with van der Waals surface area (Å²) in [7, 11) is 0. The molecule has 124 valence electrons. The minimum atomic E-state index is 0.0325. The van der Waals surface area contributed by atoms with Crippen molar-refractivity contribution in [2.45, 2.75) is 38.1 Å². The second kappa shape index (κ2) is 6.07. The van der Waals surface area contributed by atoms with E-state index in [0.717, 1.165) is 24.3 Å². The number of aromatic hydroxyl groups is 2. The van der Waals surface area contributed by atoms with Crippen LogP contribution < -0.4 is 5.32 Å². The van der Waals surface area contributed by atoms with Crippen LogP contribution >= 0.6 is 0 Å². The molecule has 5 heteroatoms. The van der Waals surface area contributed by atoms with Gasteiger partial charge in [0.1, 0.15) is 28.7 Å². The van der Waals surface area contributed by atoms with Gasteiger partial charge in [-0.05, 0) is 37.1 Å². The van der Waals surface area contributed by atoms with Gasteiger partial charge >= 0.3 is 0 Å². The molecule has 0 unspecified atom stereocenters. The highest BCUT2D eigenvalue weighted by atomic mass is 16.3. The Morgan fingerprint density at radius 1 is 1.04 bits per heavy atom. The molecule has 0 aliphatic heterocycles. The molecule has 3 N–H and O–H groups in total. The van der Waals surface area contributed by atoms with E-state index in [9.17, 15) is 10.2 Å². The highest BCUT2D eigenvalue weighted by molar-refractivity contribution is 5.80. The lowest BCUT2D eigenvalue weighted by Crippen LogP contribution is -2.23. The molecule has 1 aliphatic rings. The van der Waals surface area contributed by atoms with Gasteiger partial charge in [0, 0.05) is 23.9 Å². The van der Waals surface area contributed by atoms with Gasteiger partial charge in [-0.25, -0.2) is 4.98 Å². The third-order valence-electron chi connectivity index (χ3n) is 4.71. The van der Waals surface area contributed by atoms with Crippen molar-refractivity contribution in [1.29, 1.82) is 0 Å². The van der Waals surface area contributed by atoms with Crippen LogP contribution in [-0.4, -0.2) is 25.6 Å². The summed E-state index contributed by atoms with van der Waals surface area (Å²) in [5.41, 5.74) is 2.16. The van der Waals surface area contributed by atoms with Gasteiger partial charge in [0.25, 0.3) is 0 Å². The summed E-state index contributed by atoms with van der Waals surface area (Å²) in [6.45, 7) is 0. The second-order valence-corrected chi connectivity index (χ2v) is 6.42. The molecule has 24 heavy (non-hydrogen) atoms. The average molecular weight is 323 g/mol. The lowest BCUT2D eigenvalue weighted by atomic mass is 9.95. The van der Waals surface area contributed by atoms with E-state index in [1.165, 1.54) is 25.3 Å². The van der Waals surface area contributed by atoms with Crippen LogP contribution in [0.3, 0.4) is 0 Å². The number of pyridine rings is 1. The monoisotopic (exact) mass is 323 g/mol. The zero-order valence-corrected chi connectivity index (χ0v) is 13.4. The van der Waals surface area contributed by atoms with Crippen LogP contribution in [0.25, 0.3) is 16.9 Å². The van der Waals surface area contributed by atoms with Gasteiger partial charge in [0.2, 0.25) is 0 Å². The van der Waals surface area contributed by atoms with E-state index in [-0.39, 0.29) is 11.5 Å².